The number of nitrogens with zero attached hydrogens (tertiary/aromatic N) is 1. The number of amides is 1. The third-order valence-corrected chi connectivity index (χ3v) is 3.27. The van der Waals surface area contributed by atoms with Crippen LogP contribution in [0.3, 0.4) is 0 Å². The van der Waals surface area contributed by atoms with E-state index in [-0.39, 0.29) is 35.8 Å². The number of benzene rings is 1. The quantitative estimate of drug-likeness (QED) is 0.655. The molecular weight excluding hydrogens is 298 g/mol. The summed E-state index contributed by atoms with van der Waals surface area (Å²) in [6.07, 6.45) is 2.86. The fraction of sp³-hybridized carbons (Fsp3) is 0.462. The molecule has 0 radical (unpaired) electrons. The van der Waals surface area contributed by atoms with Gasteiger partial charge >= 0.3 is 5.69 Å². The summed E-state index contributed by atoms with van der Waals surface area (Å²) < 4.78 is 4.92. The molecule has 0 saturated carbocycles. The van der Waals surface area contributed by atoms with Crippen molar-refractivity contribution >= 4 is 29.7 Å². The number of methoxy groups -OCH3 is 1. The van der Waals surface area contributed by atoms with Crippen molar-refractivity contribution in [3.63, 3.8) is 0 Å². The minimum absolute atomic E-state index is 0. The molecule has 0 spiro atoms. The van der Waals surface area contributed by atoms with Crippen molar-refractivity contribution in [3.05, 3.63) is 28.3 Å². The largest absolute Gasteiger partial charge is 0.490 e. The van der Waals surface area contributed by atoms with E-state index in [1.807, 2.05) is 0 Å². The van der Waals surface area contributed by atoms with Crippen LogP contribution in [0.2, 0.25) is 0 Å². The van der Waals surface area contributed by atoms with Crippen LogP contribution in [0.15, 0.2) is 18.2 Å². The van der Waals surface area contributed by atoms with Crippen molar-refractivity contribution in [1.29, 1.82) is 0 Å². The number of nitro groups is 1. The molecule has 1 aliphatic rings. The molecule has 0 aliphatic carbocycles. The number of hydrogen-bond acceptors (Lipinski definition) is 5. The van der Waals surface area contributed by atoms with Crippen molar-refractivity contribution in [2.75, 3.05) is 19.0 Å². The molecule has 1 saturated heterocycles. The van der Waals surface area contributed by atoms with E-state index in [2.05, 4.69) is 10.6 Å². The smallest absolute Gasteiger partial charge is 0.312 e. The molecular formula is C13H18ClN3O4. The van der Waals surface area contributed by atoms with Gasteiger partial charge in [0.15, 0.2) is 5.75 Å². The van der Waals surface area contributed by atoms with Gasteiger partial charge in [-0.05, 0) is 31.5 Å². The predicted molar refractivity (Wildman–Crippen MR) is 81.2 cm³/mol. The number of carbonyl (C=O) groups excluding carboxylic acids is 1. The number of piperidine rings is 1. The van der Waals surface area contributed by atoms with E-state index >= 15 is 0 Å². The van der Waals surface area contributed by atoms with Crippen molar-refractivity contribution in [3.8, 4) is 5.75 Å². The zero-order valence-corrected chi connectivity index (χ0v) is 12.4. The van der Waals surface area contributed by atoms with Gasteiger partial charge in [0.05, 0.1) is 18.1 Å². The van der Waals surface area contributed by atoms with Crippen LogP contribution in [-0.2, 0) is 4.79 Å². The Balaban J connectivity index is 0.00000220. The fourth-order valence-corrected chi connectivity index (χ4v) is 2.22. The van der Waals surface area contributed by atoms with Crippen molar-refractivity contribution in [1.82, 2.24) is 5.32 Å². The van der Waals surface area contributed by atoms with Crippen LogP contribution in [0.1, 0.15) is 19.3 Å². The second-order valence-corrected chi connectivity index (χ2v) is 4.64. The third kappa shape index (κ3) is 4.30. The summed E-state index contributed by atoms with van der Waals surface area (Å²) >= 11 is 0. The number of anilines is 1. The predicted octanol–water partition coefficient (Wildman–Crippen LogP) is 2.11. The van der Waals surface area contributed by atoms with Gasteiger partial charge in [-0.3, -0.25) is 14.9 Å². The summed E-state index contributed by atoms with van der Waals surface area (Å²) in [6.45, 7) is 0.820. The van der Waals surface area contributed by atoms with Crippen molar-refractivity contribution < 1.29 is 14.5 Å². The van der Waals surface area contributed by atoms with Crippen LogP contribution in [0.5, 0.6) is 5.75 Å². The van der Waals surface area contributed by atoms with Gasteiger partial charge in [-0.15, -0.1) is 12.4 Å². The Morgan fingerprint density at radius 2 is 2.24 bits per heavy atom. The lowest BCUT2D eigenvalue weighted by Crippen LogP contribution is -2.43. The summed E-state index contributed by atoms with van der Waals surface area (Å²) in [5, 5.41) is 16.7. The maximum absolute atomic E-state index is 12.0. The first-order valence-electron chi connectivity index (χ1n) is 6.48. The molecule has 7 nitrogen and oxygen atoms in total. The van der Waals surface area contributed by atoms with Crippen LogP contribution in [0.25, 0.3) is 0 Å². The SMILES string of the molecule is COc1ccc(NC(=O)[C@@H]2CCCCN2)cc1[N+](=O)[O-].Cl. The molecule has 0 bridgehead atoms. The van der Waals surface area contributed by atoms with Crippen molar-refractivity contribution in [2.45, 2.75) is 25.3 Å². The summed E-state index contributed by atoms with van der Waals surface area (Å²) in [6, 6.07) is 4.14. The topological polar surface area (TPSA) is 93.5 Å². The van der Waals surface area contributed by atoms with E-state index in [9.17, 15) is 14.9 Å². The van der Waals surface area contributed by atoms with E-state index in [1.165, 1.54) is 19.2 Å². The third-order valence-electron chi connectivity index (χ3n) is 3.27. The zero-order valence-electron chi connectivity index (χ0n) is 11.6. The lowest BCUT2D eigenvalue weighted by Gasteiger charge is -2.22. The molecule has 8 heteroatoms. The van der Waals surface area contributed by atoms with Gasteiger partial charge in [0.25, 0.3) is 0 Å². The van der Waals surface area contributed by atoms with Gasteiger partial charge in [-0.25, -0.2) is 0 Å². The molecule has 0 aromatic heterocycles. The average Bonchev–Trinajstić information content (AvgIpc) is 2.48. The number of carbonyl (C=O) groups is 1. The first-order valence-corrected chi connectivity index (χ1v) is 6.48. The van der Waals surface area contributed by atoms with Crippen LogP contribution in [-0.4, -0.2) is 30.5 Å². The average molecular weight is 316 g/mol. The molecule has 1 fully saturated rings. The summed E-state index contributed by atoms with van der Waals surface area (Å²) in [4.78, 5) is 22.4. The Morgan fingerprint density at radius 1 is 1.48 bits per heavy atom. The van der Waals surface area contributed by atoms with Gasteiger partial charge in [0, 0.05) is 11.8 Å². The molecule has 21 heavy (non-hydrogen) atoms. The highest BCUT2D eigenvalue weighted by Crippen LogP contribution is 2.29. The number of hydrogen-bond donors (Lipinski definition) is 2. The lowest BCUT2D eigenvalue weighted by molar-refractivity contribution is -0.385. The Bertz CT molecular complexity index is 518. The van der Waals surface area contributed by atoms with Gasteiger partial charge in [0.2, 0.25) is 5.91 Å². The Morgan fingerprint density at radius 3 is 2.81 bits per heavy atom. The molecule has 1 amide bonds. The van der Waals surface area contributed by atoms with Crippen LogP contribution >= 0.6 is 12.4 Å². The minimum Gasteiger partial charge on any atom is -0.490 e. The maximum atomic E-state index is 12.0. The molecule has 1 aliphatic heterocycles. The van der Waals surface area contributed by atoms with Gasteiger partial charge in [0.1, 0.15) is 0 Å². The van der Waals surface area contributed by atoms with E-state index in [0.29, 0.717) is 5.69 Å². The fourth-order valence-electron chi connectivity index (χ4n) is 2.22. The van der Waals surface area contributed by atoms with Crippen LogP contribution < -0.4 is 15.4 Å². The number of ether oxygens (including phenoxy) is 1. The summed E-state index contributed by atoms with van der Waals surface area (Å²) in [5.41, 5.74) is 0.233. The molecule has 2 rings (SSSR count). The number of halogens is 1. The normalized spacial score (nSPS) is 17.5. The second kappa shape index (κ2) is 7.80. The van der Waals surface area contributed by atoms with E-state index < -0.39 is 4.92 Å². The van der Waals surface area contributed by atoms with Gasteiger partial charge in [-0.1, -0.05) is 6.42 Å². The highest BCUT2D eigenvalue weighted by Gasteiger charge is 2.22. The minimum atomic E-state index is -0.534. The number of nitrogens with one attached hydrogen (secondary N) is 2. The highest BCUT2D eigenvalue weighted by molar-refractivity contribution is 5.95. The maximum Gasteiger partial charge on any atom is 0.312 e. The molecule has 0 unspecified atom stereocenters. The highest BCUT2D eigenvalue weighted by atomic mass is 35.5. The number of rotatable bonds is 4. The monoisotopic (exact) mass is 315 g/mol. The molecule has 116 valence electrons. The Labute approximate surface area is 128 Å². The van der Waals surface area contributed by atoms with Gasteiger partial charge < -0.3 is 15.4 Å². The molecule has 1 heterocycles. The zero-order chi connectivity index (χ0) is 14.5. The first kappa shape index (κ1) is 17.2. The standard InChI is InChI=1S/C13H17N3O4.ClH/c1-20-12-6-5-9(8-11(12)16(18)19)15-13(17)10-4-2-3-7-14-10;/h5-6,8,10,14H,2-4,7H2,1H3,(H,15,17);1H/t10-;/m0./s1. The molecule has 1 aromatic rings. The second-order valence-electron chi connectivity index (χ2n) is 4.64. The van der Waals surface area contributed by atoms with Crippen LogP contribution in [0, 0.1) is 10.1 Å². The summed E-state index contributed by atoms with van der Waals surface area (Å²) in [5.74, 6) is 0.00737. The Hall–Kier alpha value is -1.86. The van der Waals surface area contributed by atoms with E-state index in [0.717, 1.165) is 25.8 Å². The summed E-state index contributed by atoms with van der Waals surface area (Å²) in [7, 11) is 1.37. The first-order chi connectivity index (χ1) is 9.61. The Kier molecular flexibility index (Phi) is 6.39. The molecule has 1 atom stereocenters. The van der Waals surface area contributed by atoms with E-state index in [1.54, 1.807) is 6.07 Å². The van der Waals surface area contributed by atoms with Crippen molar-refractivity contribution in [2.24, 2.45) is 0 Å². The van der Waals surface area contributed by atoms with Crippen LogP contribution in [0.4, 0.5) is 11.4 Å². The molecule has 2 N–H and O–H groups in total. The van der Waals surface area contributed by atoms with Gasteiger partial charge in [-0.2, -0.15) is 0 Å². The molecule has 1 aromatic carbocycles. The lowest BCUT2D eigenvalue weighted by atomic mass is 10.0. The number of nitro benzene ring substituents is 1. The van der Waals surface area contributed by atoms with E-state index in [4.69, 9.17) is 4.74 Å².